The van der Waals surface area contributed by atoms with Crippen molar-refractivity contribution in [2.24, 2.45) is 0 Å². The first kappa shape index (κ1) is 13.6. The highest BCUT2D eigenvalue weighted by molar-refractivity contribution is 6.30. The van der Waals surface area contributed by atoms with Gasteiger partial charge in [-0.1, -0.05) is 41.9 Å². The Morgan fingerprint density at radius 1 is 1.32 bits per heavy atom. The van der Waals surface area contributed by atoms with E-state index in [0.29, 0.717) is 17.3 Å². The van der Waals surface area contributed by atoms with Crippen molar-refractivity contribution in [1.82, 2.24) is 4.98 Å². The van der Waals surface area contributed by atoms with E-state index in [1.165, 1.54) is 0 Å². The molecule has 0 radical (unpaired) electrons. The molecule has 0 spiro atoms. The second-order valence-corrected chi connectivity index (χ2v) is 4.72. The number of rotatable bonds is 4. The molecule has 0 saturated carbocycles. The summed E-state index contributed by atoms with van der Waals surface area (Å²) >= 11 is 5.83. The van der Waals surface area contributed by atoms with Crippen LogP contribution in [0.2, 0.25) is 5.15 Å². The summed E-state index contributed by atoms with van der Waals surface area (Å²) in [6.45, 7) is 1.86. The van der Waals surface area contributed by atoms with Gasteiger partial charge in [0.05, 0.1) is 11.9 Å². The van der Waals surface area contributed by atoms with Crippen LogP contribution in [0.4, 0.5) is 5.69 Å². The van der Waals surface area contributed by atoms with Gasteiger partial charge >= 0.3 is 0 Å². The van der Waals surface area contributed by atoms with Gasteiger partial charge in [0, 0.05) is 6.42 Å². The number of hydrogen-bond acceptors (Lipinski definition) is 2. The Balaban J connectivity index is 1.89. The summed E-state index contributed by atoms with van der Waals surface area (Å²) in [5.41, 5.74) is 2.69. The van der Waals surface area contributed by atoms with Crippen molar-refractivity contribution >= 4 is 23.2 Å². The zero-order valence-corrected chi connectivity index (χ0v) is 11.4. The Kier molecular flexibility index (Phi) is 4.53. The van der Waals surface area contributed by atoms with Crippen LogP contribution in [0.15, 0.2) is 42.6 Å². The number of carbonyl (C=O) groups is 1. The van der Waals surface area contributed by atoms with E-state index in [4.69, 9.17) is 11.6 Å². The molecule has 1 aromatic carbocycles. The lowest BCUT2D eigenvalue weighted by molar-refractivity contribution is -0.116. The highest BCUT2D eigenvalue weighted by Crippen LogP contribution is 2.16. The van der Waals surface area contributed by atoms with Crippen LogP contribution in [-0.4, -0.2) is 10.9 Å². The zero-order valence-electron chi connectivity index (χ0n) is 10.7. The Morgan fingerprint density at radius 2 is 2.05 bits per heavy atom. The Labute approximate surface area is 117 Å². The summed E-state index contributed by atoms with van der Waals surface area (Å²) in [4.78, 5) is 15.8. The van der Waals surface area contributed by atoms with Gasteiger partial charge in [0.1, 0.15) is 5.15 Å². The van der Waals surface area contributed by atoms with E-state index < -0.39 is 0 Å². The summed E-state index contributed by atoms with van der Waals surface area (Å²) < 4.78 is 0. The first-order valence-electron chi connectivity index (χ1n) is 6.11. The third-order valence-corrected chi connectivity index (χ3v) is 3.18. The molecule has 0 saturated heterocycles. The molecule has 19 heavy (non-hydrogen) atoms. The summed E-state index contributed by atoms with van der Waals surface area (Å²) in [5.74, 6) is -0.0209. The lowest BCUT2D eigenvalue weighted by atomic mass is 10.1. The van der Waals surface area contributed by atoms with Gasteiger partial charge in [0.15, 0.2) is 0 Å². The third-order valence-electron chi connectivity index (χ3n) is 2.78. The molecule has 3 nitrogen and oxygen atoms in total. The maximum absolute atomic E-state index is 11.8. The smallest absolute Gasteiger partial charge is 0.224 e. The molecule has 0 aliphatic rings. The van der Waals surface area contributed by atoms with Crippen molar-refractivity contribution in [3.63, 3.8) is 0 Å². The number of pyridine rings is 1. The van der Waals surface area contributed by atoms with Gasteiger partial charge in [-0.25, -0.2) is 4.98 Å². The molecule has 4 heteroatoms. The number of carbonyl (C=O) groups excluding carboxylic acids is 1. The molecule has 0 fully saturated rings. The number of amides is 1. The molecule has 0 bridgehead atoms. The number of halogens is 1. The van der Waals surface area contributed by atoms with Gasteiger partial charge in [-0.3, -0.25) is 4.79 Å². The molecule has 0 aliphatic carbocycles. The fraction of sp³-hybridized carbons (Fsp3) is 0.200. The molecule has 98 valence electrons. The van der Waals surface area contributed by atoms with E-state index in [-0.39, 0.29) is 5.91 Å². The van der Waals surface area contributed by atoms with Crippen molar-refractivity contribution in [2.75, 3.05) is 5.32 Å². The predicted octanol–water partition coefficient (Wildman–Crippen LogP) is 3.61. The van der Waals surface area contributed by atoms with Crippen LogP contribution in [-0.2, 0) is 11.2 Å². The van der Waals surface area contributed by atoms with Crippen LogP contribution in [0, 0.1) is 6.92 Å². The molecule has 0 unspecified atom stereocenters. The molecular weight excluding hydrogens is 260 g/mol. The molecule has 1 N–H and O–H groups in total. The maximum atomic E-state index is 11.8. The summed E-state index contributed by atoms with van der Waals surface area (Å²) in [6.07, 6.45) is 2.74. The number of nitrogens with one attached hydrogen (secondary N) is 1. The summed E-state index contributed by atoms with van der Waals surface area (Å²) in [5, 5.41) is 3.28. The number of aromatic nitrogens is 1. The van der Waals surface area contributed by atoms with Crippen molar-refractivity contribution in [3.05, 3.63) is 58.9 Å². The van der Waals surface area contributed by atoms with Crippen LogP contribution >= 0.6 is 11.6 Å². The Hall–Kier alpha value is -1.87. The monoisotopic (exact) mass is 274 g/mol. The average Bonchev–Trinajstić information content (AvgIpc) is 2.42. The van der Waals surface area contributed by atoms with Gasteiger partial charge < -0.3 is 5.32 Å². The first-order valence-corrected chi connectivity index (χ1v) is 6.49. The minimum Gasteiger partial charge on any atom is -0.325 e. The largest absolute Gasteiger partial charge is 0.325 e. The number of anilines is 1. The van der Waals surface area contributed by atoms with E-state index in [2.05, 4.69) is 10.3 Å². The molecule has 1 aromatic heterocycles. The standard InChI is InChI=1S/C15H15ClN2O/c1-11-9-13(10-17-15(11)16)18-14(19)8-7-12-5-3-2-4-6-12/h2-6,9-10H,7-8H2,1H3,(H,18,19). The van der Waals surface area contributed by atoms with E-state index in [1.54, 1.807) is 6.20 Å². The van der Waals surface area contributed by atoms with Crippen molar-refractivity contribution in [3.8, 4) is 0 Å². The fourth-order valence-corrected chi connectivity index (χ4v) is 1.86. The maximum Gasteiger partial charge on any atom is 0.224 e. The molecule has 1 heterocycles. The van der Waals surface area contributed by atoms with Gasteiger partial charge in [-0.2, -0.15) is 0 Å². The SMILES string of the molecule is Cc1cc(NC(=O)CCc2ccccc2)cnc1Cl. The van der Waals surface area contributed by atoms with Crippen LogP contribution in [0.3, 0.4) is 0 Å². The van der Waals surface area contributed by atoms with E-state index in [0.717, 1.165) is 17.5 Å². The van der Waals surface area contributed by atoms with E-state index >= 15 is 0 Å². The van der Waals surface area contributed by atoms with Crippen molar-refractivity contribution in [2.45, 2.75) is 19.8 Å². The van der Waals surface area contributed by atoms with Crippen LogP contribution < -0.4 is 5.32 Å². The van der Waals surface area contributed by atoms with Gasteiger partial charge in [-0.05, 0) is 30.5 Å². The Morgan fingerprint density at radius 3 is 2.74 bits per heavy atom. The molecule has 2 aromatic rings. The van der Waals surface area contributed by atoms with Gasteiger partial charge in [0.25, 0.3) is 0 Å². The highest BCUT2D eigenvalue weighted by atomic mass is 35.5. The lowest BCUT2D eigenvalue weighted by Gasteiger charge is -2.06. The number of nitrogens with zero attached hydrogens (tertiary/aromatic N) is 1. The second-order valence-electron chi connectivity index (χ2n) is 4.37. The molecule has 1 amide bonds. The fourth-order valence-electron chi connectivity index (χ4n) is 1.75. The summed E-state index contributed by atoms with van der Waals surface area (Å²) in [6, 6.07) is 11.8. The minimum atomic E-state index is -0.0209. The van der Waals surface area contributed by atoms with Crippen LogP contribution in [0.1, 0.15) is 17.5 Å². The number of aryl methyl sites for hydroxylation is 2. The second kappa shape index (κ2) is 6.34. The van der Waals surface area contributed by atoms with Crippen molar-refractivity contribution in [1.29, 1.82) is 0 Å². The summed E-state index contributed by atoms with van der Waals surface area (Å²) in [7, 11) is 0. The van der Waals surface area contributed by atoms with Crippen LogP contribution in [0.25, 0.3) is 0 Å². The normalized spacial score (nSPS) is 10.2. The molecule has 2 rings (SSSR count). The quantitative estimate of drug-likeness (QED) is 0.866. The average molecular weight is 275 g/mol. The molecule has 0 atom stereocenters. The third kappa shape index (κ3) is 4.07. The van der Waals surface area contributed by atoms with Gasteiger partial charge in [-0.15, -0.1) is 0 Å². The minimum absolute atomic E-state index is 0.0209. The lowest BCUT2D eigenvalue weighted by Crippen LogP contribution is -2.12. The van der Waals surface area contributed by atoms with E-state index in [1.807, 2.05) is 43.3 Å². The number of hydrogen-bond donors (Lipinski definition) is 1. The topological polar surface area (TPSA) is 42.0 Å². The predicted molar refractivity (Wildman–Crippen MR) is 77.4 cm³/mol. The van der Waals surface area contributed by atoms with Crippen LogP contribution in [0.5, 0.6) is 0 Å². The van der Waals surface area contributed by atoms with Crippen molar-refractivity contribution < 1.29 is 4.79 Å². The van der Waals surface area contributed by atoms with Gasteiger partial charge in [0.2, 0.25) is 5.91 Å². The highest BCUT2D eigenvalue weighted by Gasteiger charge is 2.05. The van der Waals surface area contributed by atoms with E-state index in [9.17, 15) is 4.79 Å². The number of benzene rings is 1. The first-order chi connectivity index (χ1) is 9.15. The molecule has 0 aliphatic heterocycles. The Bertz CT molecular complexity index is 570. The molecular formula is C15H15ClN2O. The zero-order chi connectivity index (χ0) is 13.7.